The van der Waals surface area contributed by atoms with Crippen LogP contribution in [0.25, 0.3) is 16.7 Å². The van der Waals surface area contributed by atoms with E-state index in [2.05, 4.69) is 27.4 Å². The second kappa shape index (κ2) is 5.31. The number of H-pyrrole nitrogens is 1. The molecule has 2 atom stereocenters. The van der Waals surface area contributed by atoms with Gasteiger partial charge in [0, 0.05) is 25.2 Å². The Labute approximate surface area is 150 Å². The molecule has 4 heterocycles. The maximum absolute atomic E-state index is 12.8. The fourth-order valence-electron chi connectivity index (χ4n) is 4.15. The number of carbonyl (C=O) groups is 1. The molecule has 1 aliphatic carbocycles. The first-order valence-corrected chi connectivity index (χ1v) is 9.13. The van der Waals surface area contributed by atoms with Crippen molar-refractivity contribution < 1.29 is 4.79 Å². The summed E-state index contributed by atoms with van der Waals surface area (Å²) >= 11 is 0. The number of likely N-dealkylation sites (tertiary alicyclic amines) is 1. The van der Waals surface area contributed by atoms with E-state index >= 15 is 0 Å². The van der Waals surface area contributed by atoms with Crippen molar-refractivity contribution in [3.63, 3.8) is 0 Å². The number of nitrogens with zero attached hydrogens (tertiary/aromatic N) is 5. The molecule has 1 N–H and O–H groups in total. The van der Waals surface area contributed by atoms with E-state index in [0.29, 0.717) is 25.3 Å². The van der Waals surface area contributed by atoms with Crippen molar-refractivity contribution in [1.29, 1.82) is 5.26 Å². The Bertz CT molecular complexity index is 1050. The van der Waals surface area contributed by atoms with Crippen molar-refractivity contribution in [3.05, 3.63) is 30.5 Å². The van der Waals surface area contributed by atoms with Crippen molar-refractivity contribution >= 4 is 22.6 Å². The lowest BCUT2D eigenvalue weighted by Crippen LogP contribution is -2.45. The van der Waals surface area contributed by atoms with Crippen molar-refractivity contribution in [2.24, 2.45) is 11.3 Å². The van der Waals surface area contributed by atoms with Gasteiger partial charge in [0.15, 0.2) is 5.65 Å². The summed E-state index contributed by atoms with van der Waals surface area (Å²) in [6.07, 6.45) is 7.86. The minimum Gasteiger partial charge on any atom is -0.345 e. The normalized spacial score (nSPS) is 24.7. The summed E-state index contributed by atoms with van der Waals surface area (Å²) in [5, 5.41) is 9.37. The summed E-state index contributed by atoms with van der Waals surface area (Å²) in [6, 6.07) is 4.24. The molecule has 0 radical (unpaired) electrons. The average Bonchev–Trinajstić information content (AvgIpc) is 3.11. The minimum absolute atomic E-state index is 0.00576. The van der Waals surface area contributed by atoms with Crippen LogP contribution in [-0.4, -0.2) is 43.2 Å². The number of amides is 1. The number of carbonyl (C=O) groups excluding carboxylic acids is 1. The summed E-state index contributed by atoms with van der Waals surface area (Å²) in [5.41, 5.74) is 2.03. The molecule has 7 nitrogen and oxygen atoms in total. The molecule has 1 aliphatic heterocycles. The van der Waals surface area contributed by atoms with Crippen LogP contribution in [0.5, 0.6) is 0 Å². The highest BCUT2D eigenvalue weighted by Crippen LogP contribution is 2.47. The highest BCUT2D eigenvalue weighted by Gasteiger charge is 2.53. The molecule has 132 valence electrons. The molecule has 0 aromatic carbocycles. The fourth-order valence-corrected chi connectivity index (χ4v) is 4.15. The van der Waals surface area contributed by atoms with Crippen LogP contribution in [0.1, 0.15) is 37.9 Å². The average molecular weight is 348 g/mol. The Hall–Kier alpha value is -2.88. The Morgan fingerprint density at radius 1 is 1.38 bits per heavy atom. The number of aromatic amines is 1. The largest absolute Gasteiger partial charge is 0.345 e. The predicted molar refractivity (Wildman–Crippen MR) is 95.2 cm³/mol. The van der Waals surface area contributed by atoms with Crippen molar-refractivity contribution in [2.45, 2.75) is 32.1 Å². The second-order valence-electron chi connectivity index (χ2n) is 7.66. The van der Waals surface area contributed by atoms with E-state index < -0.39 is 5.41 Å². The molecule has 0 bridgehead atoms. The summed E-state index contributed by atoms with van der Waals surface area (Å²) in [7, 11) is 0. The number of hydrogen-bond acceptors (Lipinski definition) is 4. The lowest BCUT2D eigenvalue weighted by atomic mass is 9.85. The first-order valence-electron chi connectivity index (χ1n) is 9.13. The third kappa shape index (κ3) is 2.08. The summed E-state index contributed by atoms with van der Waals surface area (Å²) in [5.74, 6) is 1.54. The van der Waals surface area contributed by atoms with Crippen molar-refractivity contribution in [3.8, 4) is 6.07 Å². The third-order valence-corrected chi connectivity index (χ3v) is 6.04. The molecule has 1 saturated carbocycles. The van der Waals surface area contributed by atoms with Gasteiger partial charge >= 0.3 is 0 Å². The lowest BCUT2D eigenvalue weighted by Gasteiger charge is -2.37. The zero-order valence-corrected chi connectivity index (χ0v) is 14.6. The lowest BCUT2D eigenvalue weighted by molar-refractivity contribution is -0.136. The summed E-state index contributed by atoms with van der Waals surface area (Å²) < 4.78 is 2.14. The highest BCUT2D eigenvalue weighted by atomic mass is 16.2. The quantitative estimate of drug-likeness (QED) is 0.770. The van der Waals surface area contributed by atoms with Crippen LogP contribution in [0.2, 0.25) is 0 Å². The number of imidazole rings is 1. The van der Waals surface area contributed by atoms with E-state index in [4.69, 9.17) is 4.98 Å². The van der Waals surface area contributed by atoms with Gasteiger partial charge in [-0.1, -0.05) is 6.92 Å². The number of piperidine rings is 1. The molecule has 1 saturated heterocycles. The monoisotopic (exact) mass is 348 g/mol. The highest BCUT2D eigenvalue weighted by molar-refractivity contribution is 5.88. The van der Waals surface area contributed by atoms with Gasteiger partial charge in [0.25, 0.3) is 0 Å². The molecule has 2 fully saturated rings. The molecule has 2 aliphatic rings. The summed E-state index contributed by atoms with van der Waals surface area (Å²) in [6.45, 7) is 3.57. The van der Waals surface area contributed by atoms with Crippen LogP contribution in [0.15, 0.2) is 24.7 Å². The van der Waals surface area contributed by atoms with Gasteiger partial charge in [0.2, 0.25) is 5.91 Å². The van der Waals surface area contributed by atoms with Crippen LogP contribution in [-0.2, 0) is 4.79 Å². The first-order chi connectivity index (χ1) is 12.6. The van der Waals surface area contributed by atoms with Crippen LogP contribution in [0.4, 0.5) is 0 Å². The Morgan fingerprint density at radius 2 is 2.19 bits per heavy atom. The van der Waals surface area contributed by atoms with E-state index in [1.165, 1.54) is 0 Å². The van der Waals surface area contributed by atoms with E-state index in [9.17, 15) is 10.1 Å². The first kappa shape index (κ1) is 15.4. The molecular weight excluding hydrogens is 328 g/mol. The Morgan fingerprint density at radius 3 is 2.96 bits per heavy atom. The number of rotatable bonds is 2. The van der Waals surface area contributed by atoms with E-state index in [1.54, 1.807) is 0 Å². The van der Waals surface area contributed by atoms with Gasteiger partial charge < -0.3 is 9.88 Å². The van der Waals surface area contributed by atoms with Gasteiger partial charge in [-0.05, 0) is 31.2 Å². The van der Waals surface area contributed by atoms with Crippen LogP contribution in [0, 0.1) is 22.7 Å². The number of fused-ring (bicyclic) bond motifs is 3. The maximum atomic E-state index is 12.8. The minimum atomic E-state index is -0.752. The number of nitriles is 1. The molecule has 0 unspecified atom stereocenters. The third-order valence-electron chi connectivity index (χ3n) is 6.04. The zero-order valence-electron chi connectivity index (χ0n) is 14.6. The zero-order chi connectivity index (χ0) is 17.9. The van der Waals surface area contributed by atoms with Crippen molar-refractivity contribution in [2.75, 3.05) is 13.1 Å². The van der Waals surface area contributed by atoms with E-state index in [1.807, 2.05) is 29.6 Å². The Balaban J connectivity index is 1.54. The fraction of sp³-hybridized carbons (Fsp3) is 0.474. The predicted octanol–water partition coefficient (Wildman–Crippen LogP) is 2.47. The molecule has 5 rings (SSSR count). The van der Waals surface area contributed by atoms with E-state index in [0.717, 1.165) is 35.5 Å². The Kier molecular flexibility index (Phi) is 3.14. The molecule has 0 spiro atoms. The smallest absolute Gasteiger partial charge is 0.243 e. The summed E-state index contributed by atoms with van der Waals surface area (Å²) in [4.78, 5) is 27.0. The molecular formula is C19H20N6O. The second-order valence-corrected chi connectivity index (χ2v) is 7.66. The SMILES string of the molecule is C[C@H]1CCN(C(=O)C2(C#N)CC2)C[C@H]1c1ncc2cnc3[nH]ccc3n12. The number of nitrogens with one attached hydrogen (secondary N) is 1. The number of hydrogen-bond donors (Lipinski definition) is 1. The number of aromatic nitrogens is 4. The standard InChI is InChI=1S/C19H20N6O/c1-12-3-7-24(18(26)19(11-20)4-5-19)10-14(12)17-23-9-13-8-22-16-15(25(13)17)2-6-21-16/h2,6,8-9,12,14,21H,3-5,7,10H2,1H3/t12-,14+/m0/s1. The van der Waals surface area contributed by atoms with Gasteiger partial charge in [0.1, 0.15) is 11.2 Å². The van der Waals surface area contributed by atoms with Gasteiger partial charge in [-0.15, -0.1) is 0 Å². The van der Waals surface area contributed by atoms with Crippen LogP contribution < -0.4 is 0 Å². The maximum Gasteiger partial charge on any atom is 0.243 e. The molecule has 7 heteroatoms. The van der Waals surface area contributed by atoms with Gasteiger partial charge in [-0.2, -0.15) is 5.26 Å². The van der Waals surface area contributed by atoms with Crippen LogP contribution in [0.3, 0.4) is 0 Å². The van der Waals surface area contributed by atoms with Gasteiger partial charge in [0.05, 0.1) is 29.5 Å². The molecule has 3 aromatic heterocycles. The van der Waals surface area contributed by atoms with Gasteiger partial charge in [-0.3, -0.25) is 9.20 Å². The molecule has 1 amide bonds. The van der Waals surface area contributed by atoms with Crippen molar-refractivity contribution in [1.82, 2.24) is 24.3 Å². The van der Waals surface area contributed by atoms with Crippen LogP contribution >= 0.6 is 0 Å². The van der Waals surface area contributed by atoms with E-state index in [-0.39, 0.29) is 11.8 Å². The molecule has 3 aromatic rings. The molecule has 26 heavy (non-hydrogen) atoms. The topological polar surface area (TPSA) is 90.1 Å². The van der Waals surface area contributed by atoms with Gasteiger partial charge in [-0.25, -0.2) is 9.97 Å².